The number of aromatic nitrogens is 2. The number of carbonyl (C=O) groups excluding carboxylic acids is 1. The number of fused-ring (bicyclic) bond motifs is 1. The fourth-order valence-electron chi connectivity index (χ4n) is 2.55. The highest BCUT2D eigenvalue weighted by Gasteiger charge is 2.20. The normalized spacial score (nSPS) is 10.9. The van der Waals surface area contributed by atoms with Gasteiger partial charge in [0.2, 0.25) is 0 Å². The summed E-state index contributed by atoms with van der Waals surface area (Å²) in [6, 6.07) is 3.62. The van der Waals surface area contributed by atoms with Crippen molar-refractivity contribution in [2.75, 3.05) is 19.7 Å². The van der Waals surface area contributed by atoms with Crippen LogP contribution in [0.3, 0.4) is 0 Å². The van der Waals surface area contributed by atoms with E-state index < -0.39 is 0 Å². The van der Waals surface area contributed by atoms with Crippen LogP contribution >= 0.6 is 0 Å². The van der Waals surface area contributed by atoms with Gasteiger partial charge < -0.3 is 10.0 Å². The van der Waals surface area contributed by atoms with Gasteiger partial charge in [0.1, 0.15) is 11.2 Å². The van der Waals surface area contributed by atoms with Crippen molar-refractivity contribution in [2.24, 2.45) is 0 Å². The highest BCUT2D eigenvalue weighted by atomic mass is 16.3. The van der Waals surface area contributed by atoms with E-state index in [1.54, 1.807) is 12.3 Å². The van der Waals surface area contributed by atoms with Crippen LogP contribution in [0.15, 0.2) is 29.3 Å². The minimum atomic E-state index is -0.373. The molecule has 0 spiro atoms. The lowest BCUT2D eigenvalue weighted by atomic mass is 10.2. The third-order valence-corrected chi connectivity index (χ3v) is 3.85. The van der Waals surface area contributed by atoms with Crippen LogP contribution < -0.4 is 5.56 Å². The van der Waals surface area contributed by atoms with E-state index in [9.17, 15) is 14.7 Å². The molecule has 0 radical (unpaired) electrons. The molecule has 0 aliphatic heterocycles. The van der Waals surface area contributed by atoms with E-state index in [0.29, 0.717) is 12.2 Å². The smallest absolute Gasteiger partial charge is 0.270 e. The molecule has 1 amide bonds. The molecule has 0 aliphatic carbocycles. The van der Waals surface area contributed by atoms with Gasteiger partial charge in [-0.05, 0) is 25.0 Å². The predicted molar refractivity (Wildman–Crippen MR) is 88.7 cm³/mol. The van der Waals surface area contributed by atoms with E-state index in [1.165, 1.54) is 15.5 Å². The van der Waals surface area contributed by atoms with Crippen LogP contribution in [0.2, 0.25) is 0 Å². The minimum absolute atomic E-state index is 0.0399. The summed E-state index contributed by atoms with van der Waals surface area (Å²) < 4.78 is 1.39. The SMILES string of the molecule is CCCCCN(CCO)C(=O)c1cnc2c(C)cccn2c1=O. The predicted octanol–water partition coefficient (Wildman–Crippen LogP) is 1.63. The first kappa shape index (κ1) is 17.1. The Hall–Kier alpha value is -2.21. The fraction of sp³-hybridized carbons (Fsp3) is 0.471. The number of pyridine rings is 1. The van der Waals surface area contributed by atoms with E-state index in [1.807, 2.05) is 13.0 Å². The Kier molecular flexibility index (Phi) is 5.87. The third-order valence-electron chi connectivity index (χ3n) is 3.85. The van der Waals surface area contributed by atoms with Gasteiger partial charge in [0.25, 0.3) is 11.5 Å². The third kappa shape index (κ3) is 3.76. The molecule has 0 fully saturated rings. The first-order valence-corrected chi connectivity index (χ1v) is 7.97. The Morgan fingerprint density at radius 2 is 2.13 bits per heavy atom. The Labute approximate surface area is 135 Å². The summed E-state index contributed by atoms with van der Waals surface area (Å²) >= 11 is 0. The van der Waals surface area contributed by atoms with Gasteiger partial charge in [-0.25, -0.2) is 4.98 Å². The number of carbonyl (C=O) groups is 1. The molecule has 2 rings (SSSR count). The second-order valence-electron chi connectivity index (χ2n) is 5.58. The van der Waals surface area contributed by atoms with Gasteiger partial charge >= 0.3 is 0 Å². The molecule has 0 saturated heterocycles. The van der Waals surface area contributed by atoms with Crippen molar-refractivity contribution in [3.8, 4) is 0 Å². The number of hydrogen-bond acceptors (Lipinski definition) is 4. The Balaban J connectivity index is 2.35. The van der Waals surface area contributed by atoms with Crippen LogP contribution in [-0.2, 0) is 0 Å². The lowest BCUT2D eigenvalue weighted by molar-refractivity contribution is 0.0716. The molecule has 2 heterocycles. The van der Waals surface area contributed by atoms with E-state index in [2.05, 4.69) is 11.9 Å². The Morgan fingerprint density at radius 1 is 1.35 bits per heavy atom. The zero-order valence-electron chi connectivity index (χ0n) is 13.7. The maximum absolute atomic E-state index is 12.6. The van der Waals surface area contributed by atoms with Crippen molar-refractivity contribution in [3.63, 3.8) is 0 Å². The van der Waals surface area contributed by atoms with E-state index in [-0.39, 0.29) is 30.2 Å². The average molecular weight is 317 g/mol. The van der Waals surface area contributed by atoms with Crippen molar-refractivity contribution >= 4 is 11.6 Å². The molecular weight excluding hydrogens is 294 g/mol. The molecule has 2 aromatic rings. The number of unbranched alkanes of at least 4 members (excludes halogenated alkanes) is 2. The number of aliphatic hydroxyl groups is 1. The first-order chi connectivity index (χ1) is 11.1. The molecule has 0 atom stereocenters. The monoisotopic (exact) mass is 317 g/mol. The number of rotatable bonds is 7. The van der Waals surface area contributed by atoms with Crippen LogP contribution in [0.4, 0.5) is 0 Å². The van der Waals surface area contributed by atoms with Crippen molar-refractivity contribution in [2.45, 2.75) is 33.1 Å². The largest absolute Gasteiger partial charge is 0.395 e. The topological polar surface area (TPSA) is 74.9 Å². The summed E-state index contributed by atoms with van der Waals surface area (Å²) in [7, 11) is 0. The number of hydrogen-bond donors (Lipinski definition) is 1. The van der Waals surface area contributed by atoms with Gasteiger partial charge in [0.05, 0.1) is 6.61 Å². The lowest BCUT2D eigenvalue weighted by Gasteiger charge is -2.21. The quantitative estimate of drug-likeness (QED) is 0.788. The van der Waals surface area contributed by atoms with Crippen LogP contribution in [0.1, 0.15) is 42.1 Å². The maximum Gasteiger partial charge on any atom is 0.270 e. The zero-order chi connectivity index (χ0) is 16.8. The van der Waals surface area contributed by atoms with Gasteiger partial charge in [-0.3, -0.25) is 14.0 Å². The van der Waals surface area contributed by atoms with Crippen molar-refractivity contribution in [1.29, 1.82) is 0 Å². The van der Waals surface area contributed by atoms with Gasteiger partial charge in [-0.1, -0.05) is 25.8 Å². The molecule has 124 valence electrons. The van der Waals surface area contributed by atoms with E-state index >= 15 is 0 Å². The average Bonchev–Trinajstić information content (AvgIpc) is 2.55. The zero-order valence-corrected chi connectivity index (χ0v) is 13.7. The highest BCUT2D eigenvalue weighted by Crippen LogP contribution is 2.07. The molecule has 0 aromatic carbocycles. The second kappa shape index (κ2) is 7.87. The Bertz CT molecular complexity index is 739. The summed E-state index contributed by atoms with van der Waals surface area (Å²) in [5.74, 6) is -0.372. The number of aliphatic hydroxyl groups excluding tert-OH is 1. The van der Waals surface area contributed by atoms with Gasteiger partial charge in [-0.15, -0.1) is 0 Å². The summed E-state index contributed by atoms with van der Waals surface area (Å²) in [5, 5.41) is 9.17. The molecule has 6 heteroatoms. The lowest BCUT2D eigenvalue weighted by Crippen LogP contribution is -2.38. The van der Waals surface area contributed by atoms with Crippen LogP contribution in [0, 0.1) is 6.92 Å². The molecule has 0 aliphatic rings. The van der Waals surface area contributed by atoms with Crippen molar-refractivity contribution in [3.05, 3.63) is 46.0 Å². The van der Waals surface area contributed by atoms with Crippen LogP contribution in [0.25, 0.3) is 5.65 Å². The molecule has 1 N–H and O–H groups in total. The molecule has 0 bridgehead atoms. The van der Waals surface area contributed by atoms with Gasteiger partial charge in [-0.2, -0.15) is 0 Å². The number of amides is 1. The summed E-state index contributed by atoms with van der Waals surface area (Å²) in [5.41, 5.74) is 1.09. The molecule has 0 saturated carbocycles. The maximum atomic E-state index is 12.6. The number of aryl methyl sites for hydroxylation is 1. The summed E-state index contributed by atoms with van der Waals surface area (Å²) in [6.45, 7) is 4.58. The van der Waals surface area contributed by atoms with Gasteiger partial charge in [0.15, 0.2) is 0 Å². The molecular formula is C17H23N3O3. The molecule has 2 aromatic heterocycles. The van der Waals surface area contributed by atoms with Gasteiger partial charge in [0, 0.05) is 25.5 Å². The van der Waals surface area contributed by atoms with Crippen LogP contribution in [0.5, 0.6) is 0 Å². The summed E-state index contributed by atoms with van der Waals surface area (Å²) in [4.78, 5) is 31.0. The standard InChI is InChI=1S/C17H23N3O3/c1-3-4-5-8-19(10-11-21)16(22)14-12-18-15-13(2)7-6-9-20(15)17(14)23/h6-7,9,12,21H,3-5,8,10-11H2,1-2H3. The van der Waals surface area contributed by atoms with Crippen LogP contribution in [-0.4, -0.2) is 45.0 Å². The minimum Gasteiger partial charge on any atom is -0.395 e. The van der Waals surface area contributed by atoms with E-state index in [0.717, 1.165) is 24.8 Å². The van der Waals surface area contributed by atoms with E-state index in [4.69, 9.17) is 0 Å². The fourth-order valence-corrected chi connectivity index (χ4v) is 2.55. The second-order valence-corrected chi connectivity index (χ2v) is 5.58. The first-order valence-electron chi connectivity index (χ1n) is 7.97. The Morgan fingerprint density at radius 3 is 2.83 bits per heavy atom. The summed E-state index contributed by atoms with van der Waals surface area (Å²) in [6.07, 6.45) is 5.85. The van der Waals surface area contributed by atoms with Crippen molar-refractivity contribution < 1.29 is 9.90 Å². The molecule has 23 heavy (non-hydrogen) atoms. The highest BCUT2D eigenvalue weighted by molar-refractivity contribution is 5.93. The molecule has 6 nitrogen and oxygen atoms in total. The molecule has 0 unspecified atom stereocenters. The number of nitrogens with zero attached hydrogens (tertiary/aromatic N) is 3. The van der Waals surface area contributed by atoms with Crippen molar-refractivity contribution in [1.82, 2.24) is 14.3 Å².